The molecule has 0 saturated carbocycles. The van der Waals surface area contributed by atoms with E-state index < -0.39 is 10.0 Å². The predicted molar refractivity (Wildman–Crippen MR) is 71.4 cm³/mol. The third-order valence-corrected chi connectivity index (χ3v) is 4.86. The van der Waals surface area contributed by atoms with Crippen LogP contribution in [0.3, 0.4) is 0 Å². The number of pyridine rings is 1. The minimum atomic E-state index is -3.77. The molecule has 3 N–H and O–H groups in total. The van der Waals surface area contributed by atoms with Gasteiger partial charge in [0.25, 0.3) is 5.91 Å². The first kappa shape index (κ1) is 13.5. The first-order chi connectivity index (χ1) is 9.45. The quantitative estimate of drug-likeness (QED) is 0.730. The maximum absolute atomic E-state index is 12.3. The molecule has 20 heavy (non-hydrogen) atoms. The predicted octanol–water partition coefficient (Wildman–Crippen LogP) is -0.980. The third kappa shape index (κ3) is 2.41. The lowest BCUT2D eigenvalue weighted by atomic mass is 10.0. The summed E-state index contributed by atoms with van der Waals surface area (Å²) in [7, 11) is -3.77. The number of nitrogens with zero attached hydrogens (tertiary/aromatic N) is 2. The zero-order chi connectivity index (χ0) is 14.3. The molecule has 0 bridgehead atoms. The van der Waals surface area contributed by atoms with Gasteiger partial charge in [-0.05, 0) is 24.0 Å². The Morgan fingerprint density at radius 1 is 1.30 bits per heavy atom. The van der Waals surface area contributed by atoms with E-state index in [2.05, 4.69) is 10.3 Å². The molecule has 0 aromatic carbocycles. The fourth-order valence-electron chi connectivity index (χ4n) is 2.86. The van der Waals surface area contributed by atoms with Crippen LogP contribution in [0.1, 0.15) is 10.5 Å². The normalized spacial score (nSPS) is 25.8. The number of carbonyl (C=O) groups excluding carboxylic acids is 1. The summed E-state index contributed by atoms with van der Waals surface area (Å²) in [6, 6.07) is 2.72. The van der Waals surface area contributed by atoms with Crippen LogP contribution in [-0.4, -0.2) is 50.4 Å². The molecule has 3 rings (SSSR count). The number of sulfonamides is 1. The molecule has 2 fully saturated rings. The van der Waals surface area contributed by atoms with Crippen molar-refractivity contribution in [2.24, 2.45) is 17.0 Å². The molecule has 2 aliphatic rings. The number of carbonyl (C=O) groups is 1. The molecule has 1 amide bonds. The number of hydrogen-bond donors (Lipinski definition) is 2. The summed E-state index contributed by atoms with van der Waals surface area (Å²) in [6.45, 7) is 3.36. The standard InChI is InChI=1S/C12H16N4O3S/c13-20(18,19)10-1-2-11(15-5-10)12(17)16-6-8-3-14-4-9(8)7-16/h1-2,5,8-9,14H,3-4,6-7H2,(H2,13,18,19)/t8-,9-/m1/s1. The Bertz CT molecular complexity index is 617. The van der Waals surface area contributed by atoms with Crippen molar-refractivity contribution >= 4 is 15.9 Å². The minimum Gasteiger partial charge on any atom is -0.337 e. The zero-order valence-electron chi connectivity index (χ0n) is 10.8. The second-order valence-corrected chi connectivity index (χ2v) is 6.87. The fourth-order valence-corrected chi connectivity index (χ4v) is 3.32. The summed E-state index contributed by atoms with van der Waals surface area (Å²) in [5.74, 6) is 0.880. The summed E-state index contributed by atoms with van der Waals surface area (Å²) in [5.41, 5.74) is 0.255. The van der Waals surface area contributed by atoms with Crippen LogP contribution in [0.15, 0.2) is 23.2 Å². The monoisotopic (exact) mass is 296 g/mol. The molecule has 2 atom stereocenters. The Balaban J connectivity index is 1.75. The van der Waals surface area contributed by atoms with E-state index >= 15 is 0 Å². The number of nitrogens with one attached hydrogen (secondary N) is 1. The van der Waals surface area contributed by atoms with E-state index in [0.717, 1.165) is 32.4 Å². The fraction of sp³-hybridized carbons (Fsp3) is 0.500. The van der Waals surface area contributed by atoms with Crippen molar-refractivity contribution in [2.45, 2.75) is 4.90 Å². The van der Waals surface area contributed by atoms with E-state index in [-0.39, 0.29) is 16.5 Å². The van der Waals surface area contributed by atoms with Crippen LogP contribution in [0.4, 0.5) is 0 Å². The number of rotatable bonds is 2. The summed E-state index contributed by atoms with van der Waals surface area (Å²) >= 11 is 0. The topological polar surface area (TPSA) is 105 Å². The van der Waals surface area contributed by atoms with Crippen molar-refractivity contribution in [1.29, 1.82) is 0 Å². The second kappa shape index (κ2) is 4.80. The number of amides is 1. The number of nitrogens with two attached hydrogens (primary N) is 1. The molecule has 1 aromatic heterocycles. The number of aromatic nitrogens is 1. The average Bonchev–Trinajstić information content (AvgIpc) is 2.97. The van der Waals surface area contributed by atoms with Crippen molar-refractivity contribution in [3.8, 4) is 0 Å². The van der Waals surface area contributed by atoms with Gasteiger partial charge in [-0.15, -0.1) is 0 Å². The molecule has 7 nitrogen and oxygen atoms in total. The molecule has 0 aliphatic carbocycles. The highest BCUT2D eigenvalue weighted by Crippen LogP contribution is 2.27. The van der Waals surface area contributed by atoms with Crippen molar-refractivity contribution in [2.75, 3.05) is 26.2 Å². The number of fused-ring (bicyclic) bond motifs is 1. The Hall–Kier alpha value is -1.51. The van der Waals surface area contributed by atoms with E-state index in [1.54, 1.807) is 4.90 Å². The Morgan fingerprint density at radius 2 is 1.95 bits per heavy atom. The lowest BCUT2D eigenvalue weighted by Gasteiger charge is -2.16. The van der Waals surface area contributed by atoms with E-state index in [0.29, 0.717) is 11.8 Å². The van der Waals surface area contributed by atoms with Crippen LogP contribution in [-0.2, 0) is 10.0 Å². The summed E-state index contributed by atoms with van der Waals surface area (Å²) < 4.78 is 22.3. The molecule has 1 aromatic rings. The minimum absolute atomic E-state index is 0.0865. The molecule has 0 spiro atoms. The van der Waals surface area contributed by atoms with Gasteiger partial charge in [0.05, 0.1) is 0 Å². The summed E-state index contributed by atoms with van der Waals surface area (Å²) in [5, 5.41) is 8.31. The Kier molecular flexibility index (Phi) is 3.23. The van der Waals surface area contributed by atoms with E-state index in [4.69, 9.17) is 5.14 Å². The van der Waals surface area contributed by atoms with Gasteiger partial charge in [0.2, 0.25) is 10.0 Å². The molecule has 0 unspecified atom stereocenters. The lowest BCUT2D eigenvalue weighted by Crippen LogP contribution is -2.32. The van der Waals surface area contributed by atoms with Gasteiger partial charge in [-0.3, -0.25) is 4.79 Å². The Morgan fingerprint density at radius 3 is 2.45 bits per heavy atom. The van der Waals surface area contributed by atoms with Gasteiger partial charge in [0.1, 0.15) is 10.6 Å². The molecule has 108 valence electrons. The first-order valence-corrected chi connectivity index (χ1v) is 7.98. The first-order valence-electron chi connectivity index (χ1n) is 6.44. The molecule has 3 heterocycles. The van der Waals surface area contributed by atoms with Crippen molar-refractivity contribution in [3.63, 3.8) is 0 Å². The number of primary sulfonamides is 1. The lowest BCUT2D eigenvalue weighted by molar-refractivity contribution is 0.0775. The van der Waals surface area contributed by atoms with Crippen LogP contribution in [0.2, 0.25) is 0 Å². The van der Waals surface area contributed by atoms with Crippen LogP contribution in [0, 0.1) is 11.8 Å². The highest BCUT2D eigenvalue weighted by Gasteiger charge is 2.38. The van der Waals surface area contributed by atoms with Gasteiger partial charge in [-0.1, -0.05) is 0 Å². The molecular weight excluding hydrogens is 280 g/mol. The third-order valence-electron chi connectivity index (χ3n) is 3.96. The Labute approximate surface area is 117 Å². The highest BCUT2D eigenvalue weighted by molar-refractivity contribution is 7.89. The SMILES string of the molecule is NS(=O)(=O)c1ccc(C(=O)N2C[C@H]3CNC[C@@H]3C2)nc1. The van der Waals surface area contributed by atoms with Gasteiger partial charge < -0.3 is 10.2 Å². The smallest absolute Gasteiger partial charge is 0.272 e. The summed E-state index contributed by atoms with van der Waals surface area (Å²) in [6.07, 6.45) is 1.13. The summed E-state index contributed by atoms with van der Waals surface area (Å²) in [4.78, 5) is 17.9. The van der Waals surface area contributed by atoms with Crippen LogP contribution in [0.25, 0.3) is 0 Å². The molecule has 8 heteroatoms. The van der Waals surface area contributed by atoms with Gasteiger partial charge in [0, 0.05) is 32.4 Å². The molecule has 2 saturated heterocycles. The van der Waals surface area contributed by atoms with Crippen LogP contribution < -0.4 is 10.5 Å². The van der Waals surface area contributed by atoms with E-state index in [1.165, 1.54) is 12.1 Å². The van der Waals surface area contributed by atoms with Crippen molar-refractivity contribution in [3.05, 3.63) is 24.0 Å². The second-order valence-electron chi connectivity index (χ2n) is 5.31. The van der Waals surface area contributed by atoms with E-state index in [9.17, 15) is 13.2 Å². The van der Waals surface area contributed by atoms with Crippen molar-refractivity contribution in [1.82, 2.24) is 15.2 Å². The van der Waals surface area contributed by atoms with Gasteiger partial charge in [-0.25, -0.2) is 18.5 Å². The van der Waals surface area contributed by atoms with Gasteiger partial charge in [-0.2, -0.15) is 0 Å². The zero-order valence-corrected chi connectivity index (χ0v) is 11.6. The molecule has 0 radical (unpaired) electrons. The van der Waals surface area contributed by atoms with Gasteiger partial charge in [0.15, 0.2) is 0 Å². The highest BCUT2D eigenvalue weighted by atomic mass is 32.2. The molecular formula is C12H16N4O3S. The molecule has 2 aliphatic heterocycles. The van der Waals surface area contributed by atoms with Crippen molar-refractivity contribution < 1.29 is 13.2 Å². The largest absolute Gasteiger partial charge is 0.337 e. The maximum Gasteiger partial charge on any atom is 0.272 e. The maximum atomic E-state index is 12.3. The van der Waals surface area contributed by atoms with E-state index in [1.807, 2.05) is 0 Å². The number of likely N-dealkylation sites (tertiary alicyclic amines) is 1. The average molecular weight is 296 g/mol. The van der Waals surface area contributed by atoms with Gasteiger partial charge >= 0.3 is 0 Å². The van der Waals surface area contributed by atoms with Crippen LogP contribution in [0.5, 0.6) is 0 Å². The van der Waals surface area contributed by atoms with Crippen LogP contribution >= 0.6 is 0 Å². The number of hydrogen-bond acceptors (Lipinski definition) is 5.